The summed E-state index contributed by atoms with van der Waals surface area (Å²) in [6, 6.07) is 0. The van der Waals surface area contributed by atoms with Crippen molar-refractivity contribution in [3.8, 4) is 0 Å². The van der Waals surface area contributed by atoms with Crippen LogP contribution in [0.15, 0.2) is 72.9 Å². The third-order valence-corrected chi connectivity index (χ3v) is 10.9. The molecule has 0 aliphatic heterocycles. The second kappa shape index (κ2) is 41.1. The van der Waals surface area contributed by atoms with Gasteiger partial charge >= 0.3 is 19.8 Å². The maximum Gasteiger partial charge on any atom is 0.472 e. The largest absolute Gasteiger partial charge is 0.472 e. The summed E-state index contributed by atoms with van der Waals surface area (Å²) in [7, 11) is 1.34. The summed E-state index contributed by atoms with van der Waals surface area (Å²) in [4.78, 5) is 35.5. The van der Waals surface area contributed by atoms with Crippen molar-refractivity contribution in [1.29, 1.82) is 0 Å². The van der Waals surface area contributed by atoms with Crippen LogP contribution in [0.4, 0.5) is 0 Å². The summed E-state index contributed by atoms with van der Waals surface area (Å²) < 4.78 is 34.2. The third kappa shape index (κ3) is 44.0. The number of esters is 2. The van der Waals surface area contributed by atoms with E-state index in [9.17, 15) is 29.3 Å². The fourth-order valence-electron chi connectivity index (χ4n) is 6.17. The Morgan fingerprint density at radius 3 is 1.73 bits per heavy atom. The van der Waals surface area contributed by atoms with Crippen molar-refractivity contribution < 1.29 is 52.3 Å². The quantitative estimate of drug-likeness (QED) is 0.0135. The molecule has 0 aromatic heterocycles. The normalized spacial score (nSPS) is 15.2. The minimum Gasteiger partial charge on any atom is -0.462 e. The number of aliphatic hydroxyl groups is 2. The van der Waals surface area contributed by atoms with Gasteiger partial charge in [0.1, 0.15) is 19.8 Å². The average Bonchev–Trinajstić information content (AvgIpc) is 3.21. The van der Waals surface area contributed by atoms with Crippen LogP contribution in [0.1, 0.15) is 168 Å². The highest BCUT2D eigenvalue weighted by Gasteiger charge is 2.27. The van der Waals surface area contributed by atoms with Crippen LogP contribution in [0.5, 0.6) is 0 Å². The molecule has 4 atom stereocenters. The summed E-state index contributed by atoms with van der Waals surface area (Å²) in [5.74, 6) is -0.982. The molecule has 62 heavy (non-hydrogen) atoms. The van der Waals surface area contributed by atoms with Crippen molar-refractivity contribution in [2.45, 2.75) is 186 Å². The molecule has 11 nitrogen and oxygen atoms in total. The molecule has 0 aliphatic rings. The van der Waals surface area contributed by atoms with Crippen molar-refractivity contribution in [1.82, 2.24) is 0 Å². The zero-order valence-corrected chi connectivity index (χ0v) is 40.4. The molecule has 0 amide bonds. The number of aliphatic hydroxyl groups excluding tert-OH is 2. The van der Waals surface area contributed by atoms with Gasteiger partial charge in [-0.1, -0.05) is 189 Å². The van der Waals surface area contributed by atoms with Gasteiger partial charge in [0.15, 0.2) is 6.10 Å². The van der Waals surface area contributed by atoms with E-state index in [0.29, 0.717) is 43.1 Å². The lowest BCUT2D eigenvalue weighted by atomic mass is 10.0. The highest BCUT2D eigenvalue weighted by molar-refractivity contribution is 7.47. The fourth-order valence-corrected chi connectivity index (χ4v) is 6.91. The third-order valence-electron chi connectivity index (χ3n) is 9.93. The van der Waals surface area contributed by atoms with E-state index in [-0.39, 0.29) is 26.1 Å². The minimum atomic E-state index is -4.44. The Hall–Kier alpha value is -2.63. The number of phosphoric ester groups is 1. The molecule has 0 bridgehead atoms. The van der Waals surface area contributed by atoms with Gasteiger partial charge in [-0.25, -0.2) is 4.57 Å². The number of carbonyl (C=O) groups is 2. The Bertz CT molecular complexity index is 1320. The van der Waals surface area contributed by atoms with Gasteiger partial charge in [-0.3, -0.25) is 18.6 Å². The topological polar surface area (TPSA) is 149 Å². The number of hydrogen-bond donors (Lipinski definition) is 3. The lowest BCUT2D eigenvalue weighted by Crippen LogP contribution is -2.37. The number of carbonyl (C=O) groups excluding carboxylic acids is 2. The van der Waals surface area contributed by atoms with Gasteiger partial charge in [0.05, 0.1) is 40.0 Å². The molecule has 0 heterocycles. The lowest BCUT2D eigenvalue weighted by Gasteiger charge is -2.24. The Morgan fingerprint density at radius 1 is 0.613 bits per heavy atom. The molecule has 0 saturated carbocycles. The van der Waals surface area contributed by atoms with E-state index in [1.54, 1.807) is 30.4 Å². The van der Waals surface area contributed by atoms with Crippen molar-refractivity contribution in [2.24, 2.45) is 0 Å². The first kappa shape index (κ1) is 59.4. The van der Waals surface area contributed by atoms with Gasteiger partial charge in [-0.2, -0.15) is 0 Å². The summed E-state index contributed by atoms with van der Waals surface area (Å²) in [5.41, 5.74) is 0. The minimum absolute atomic E-state index is 0.00855. The predicted molar refractivity (Wildman–Crippen MR) is 254 cm³/mol. The molecule has 0 radical (unpaired) electrons. The van der Waals surface area contributed by atoms with Crippen LogP contribution in [0.3, 0.4) is 0 Å². The number of hydrogen-bond acceptors (Lipinski definition) is 9. The molecule has 1 unspecified atom stereocenters. The zero-order valence-electron chi connectivity index (χ0n) is 39.6. The van der Waals surface area contributed by atoms with E-state index in [1.165, 1.54) is 83.5 Å². The van der Waals surface area contributed by atoms with E-state index in [2.05, 4.69) is 13.8 Å². The van der Waals surface area contributed by atoms with E-state index in [4.69, 9.17) is 18.5 Å². The van der Waals surface area contributed by atoms with E-state index in [1.807, 2.05) is 63.7 Å². The number of nitrogens with zero attached hydrogens (tertiary/aromatic N) is 1. The second-order valence-corrected chi connectivity index (χ2v) is 18.6. The van der Waals surface area contributed by atoms with Crippen LogP contribution in [-0.2, 0) is 32.7 Å². The van der Waals surface area contributed by atoms with E-state index >= 15 is 0 Å². The van der Waals surface area contributed by atoms with E-state index in [0.717, 1.165) is 25.7 Å². The molecular weight excluding hydrogens is 806 g/mol. The maximum atomic E-state index is 12.7. The summed E-state index contributed by atoms with van der Waals surface area (Å²) >= 11 is 0. The number of unbranched alkanes of at least 4 members (excludes halogenated alkanes) is 17. The molecule has 0 spiro atoms. The van der Waals surface area contributed by atoms with E-state index < -0.39 is 44.7 Å². The monoisotopic (exact) mass is 895 g/mol. The molecule has 0 fully saturated rings. The lowest BCUT2D eigenvalue weighted by molar-refractivity contribution is -0.870. The predicted octanol–water partition coefficient (Wildman–Crippen LogP) is 11.7. The number of likely N-dealkylation sites (N-methyl/N-ethyl adjacent to an activating group) is 1. The number of ether oxygens (including phenoxy) is 2. The van der Waals surface area contributed by atoms with Gasteiger partial charge in [0.25, 0.3) is 0 Å². The highest BCUT2D eigenvalue weighted by Crippen LogP contribution is 2.43. The summed E-state index contributed by atoms with van der Waals surface area (Å²) in [6.07, 6.45) is 44.6. The van der Waals surface area contributed by atoms with Crippen molar-refractivity contribution >= 4 is 19.8 Å². The van der Waals surface area contributed by atoms with Crippen LogP contribution < -0.4 is 0 Å². The smallest absolute Gasteiger partial charge is 0.462 e. The summed E-state index contributed by atoms with van der Waals surface area (Å²) in [6.45, 7) is 4.01. The van der Waals surface area contributed by atoms with Crippen LogP contribution >= 0.6 is 7.82 Å². The Balaban J connectivity index is 4.55. The molecule has 12 heteroatoms. The van der Waals surface area contributed by atoms with Gasteiger partial charge in [-0.15, -0.1) is 0 Å². The first-order chi connectivity index (χ1) is 29.8. The molecule has 0 rings (SSSR count). The molecule has 358 valence electrons. The Morgan fingerprint density at radius 2 is 1.16 bits per heavy atom. The van der Waals surface area contributed by atoms with Crippen LogP contribution in [0, 0.1) is 0 Å². The first-order valence-corrected chi connectivity index (χ1v) is 25.4. The molecular formula is C50H89NO10P+. The molecule has 0 saturated heterocycles. The van der Waals surface area contributed by atoms with Crippen molar-refractivity contribution in [2.75, 3.05) is 47.5 Å². The SMILES string of the molecule is CC/C=C\C[C@H](O)/C=C/C=C\C/C=C\C=C\[C@H](O)/C=C\CCCC(=O)O[C@H](COC(=O)CCCCCCCCCCCCCCCCCCC)COP(=O)(O)OCC[N+](C)(C)C. The second-order valence-electron chi connectivity index (χ2n) is 17.2. The van der Waals surface area contributed by atoms with Crippen LogP contribution in [0.2, 0.25) is 0 Å². The van der Waals surface area contributed by atoms with Crippen molar-refractivity contribution in [3.63, 3.8) is 0 Å². The highest BCUT2D eigenvalue weighted by atomic mass is 31.2. The molecule has 3 N–H and O–H groups in total. The number of rotatable bonds is 42. The first-order valence-electron chi connectivity index (χ1n) is 23.9. The Kier molecular flexibility index (Phi) is 39.4. The number of allylic oxidation sites excluding steroid dienone is 8. The fraction of sp³-hybridized carbons (Fsp3) is 0.720. The van der Waals surface area contributed by atoms with Gasteiger partial charge < -0.3 is 29.1 Å². The number of quaternary nitrogens is 1. The average molecular weight is 895 g/mol. The molecule has 0 aromatic rings. The van der Waals surface area contributed by atoms with Gasteiger partial charge in [-0.05, 0) is 38.5 Å². The summed E-state index contributed by atoms with van der Waals surface area (Å²) in [5, 5.41) is 20.1. The van der Waals surface area contributed by atoms with Gasteiger partial charge in [0, 0.05) is 12.8 Å². The maximum absolute atomic E-state index is 12.7. The van der Waals surface area contributed by atoms with Crippen molar-refractivity contribution in [3.05, 3.63) is 72.9 Å². The Labute approximate surface area is 377 Å². The van der Waals surface area contributed by atoms with Gasteiger partial charge in [0.2, 0.25) is 0 Å². The standard InChI is InChI=1S/C50H88NO10P/c1-6-8-10-11-12-13-14-15-16-17-18-19-20-21-25-28-34-40-49(54)58-44-48(45-60-62(56,57)59-43-42-51(3,4)5)61-50(55)41-35-29-33-39-47(53)38-32-27-24-22-23-26-31-37-46(52)36-30-9-7-2/h9,23-24,26-27,30-33,37-39,46-48,52-53H,6-8,10-22,25,28-29,34-36,40-45H2,1-5H3/p+1/b26-23-,27-24-,30-9-,37-31+,38-32+,39-33-/t46-,47-,48+/m0/s1. The zero-order chi connectivity index (χ0) is 46.0. The molecule has 0 aliphatic carbocycles. The number of phosphoric acid groups is 1. The van der Waals surface area contributed by atoms with Crippen LogP contribution in [0.25, 0.3) is 0 Å². The molecule has 0 aromatic carbocycles. The van der Waals surface area contributed by atoms with Crippen LogP contribution in [-0.4, -0.2) is 97.3 Å².